The van der Waals surface area contributed by atoms with Gasteiger partial charge in [-0.25, -0.2) is 8.78 Å². The van der Waals surface area contributed by atoms with Crippen LogP contribution in [0.5, 0.6) is 5.75 Å². The maximum absolute atomic E-state index is 14.2. The highest BCUT2D eigenvalue weighted by atomic mass is 19.2. The fourth-order valence-electron chi connectivity index (χ4n) is 2.08. The number of benzene rings is 2. The molecule has 0 radical (unpaired) electrons. The minimum absolute atomic E-state index is 0.0979. The summed E-state index contributed by atoms with van der Waals surface area (Å²) in [5.74, 6) is -5.35. The van der Waals surface area contributed by atoms with Gasteiger partial charge in [-0.3, -0.25) is 4.79 Å². The molecule has 0 saturated heterocycles. The molecule has 0 aliphatic rings. The van der Waals surface area contributed by atoms with Gasteiger partial charge in [-0.05, 0) is 31.5 Å². The van der Waals surface area contributed by atoms with Gasteiger partial charge in [0.2, 0.25) is 5.82 Å². The highest BCUT2D eigenvalue weighted by Crippen LogP contribution is 2.33. The Kier molecular flexibility index (Phi) is 4.49. The first kappa shape index (κ1) is 16.7. The van der Waals surface area contributed by atoms with E-state index >= 15 is 0 Å². The van der Waals surface area contributed by atoms with Crippen molar-refractivity contribution in [2.75, 3.05) is 18.2 Å². The molecule has 2 aromatic carbocycles. The number of amides is 1. The standard InChI is InChI=1S/C16H15F3N2O2/c1-7-4-5-9(6-10(7)20)16(22)21-14-11(17)8(2)15(23-3)13(19)12(14)18/h4-6H,20H2,1-3H3,(H,21,22). The number of aryl methyl sites for hydroxylation is 1. The molecule has 23 heavy (non-hydrogen) atoms. The molecule has 0 aliphatic carbocycles. The van der Waals surface area contributed by atoms with Crippen LogP contribution in [-0.2, 0) is 0 Å². The Hall–Kier alpha value is -2.70. The lowest BCUT2D eigenvalue weighted by atomic mass is 10.1. The molecule has 1 amide bonds. The summed E-state index contributed by atoms with van der Waals surface area (Å²) in [7, 11) is 1.09. The average Bonchev–Trinajstić information content (AvgIpc) is 2.52. The Morgan fingerprint density at radius 3 is 2.35 bits per heavy atom. The lowest BCUT2D eigenvalue weighted by molar-refractivity contribution is 0.102. The predicted octanol–water partition coefficient (Wildman–Crippen LogP) is 3.56. The van der Waals surface area contributed by atoms with E-state index in [1.165, 1.54) is 19.1 Å². The number of hydrogen-bond donors (Lipinski definition) is 2. The lowest BCUT2D eigenvalue weighted by Crippen LogP contribution is -2.16. The van der Waals surface area contributed by atoms with Crippen LogP contribution in [0.4, 0.5) is 24.5 Å². The summed E-state index contributed by atoms with van der Waals surface area (Å²) in [4.78, 5) is 12.1. The SMILES string of the molecule is COc1c(C)c(F)c(NC(=O)c2ccc(C)c(N)c2)c(F)c1F. The van der Waals surface area contributed by atoms with Gasteiger partial charge in [0.05, 0.1) is 7.11 Å². The van der Waals surface area contributed by atoms with Crippen molar-refractivity contribution in [1.29, 1.82) is 0 Å². The van der Waals surface area contributed by atoms with Crippen LogP contribution in [0, 0.1) is 31.3 Å². The molecule has 2 rings (SSSR count). The number of rotatable bonds is 3. The molecule has 4 nitrogen and oxygen atoms in total. The van der Waals surface area contributed by atoms with Gasteiger partial charge in [-0.15, -0.1) is 0 Å². The number of hydrogen-bond acceptors (Lipinski definition) is 3. The molecule has 2 aromatic rings. The van der Waals surface area contributed by atoms with E-state index in [0.717, 1.165) is 12.7 Å². The maximum Gasteiger partial charge on any atom is 0.255 e. The van der Waals surface area contributed by atoms with E-state index in [1.54, 1.807) is 13.0 Å². The van der Waals surface area contributed by atoms with Crippen LogP contribution in [0.2, 0.25) is 0 Å². The van der Waals surface area contributed by atoms with Crippen molar-refractivity contribution in [3.05, 3.63) is 52.3 Å². The molecular formula is C16H15F3N2O2. The maximum atomic E-state index is 14.2. The van der Waals surface area contributed by atoms with Crippen molar-refractivity contribution >= 4 is 17.3 Å². The van der Waals surface area contributed by atoms with Crippen LogP contribution in [0.1, 0.15) is 21.5 Å². The van der Waals surface area contributed by atoms with E-state index in [4.69, 9.17) is 5.73 Å². The number of carbonyl (C=O) groups is 1. The number of methoxy groups -OCH3 is 1. The third kappa shape index (κ3) is 2.94. The average molecular weight is 324 g/mol. The third-order valence-corrected chi connectivity index (χ3v) is 3.48. The smallest absolute Gasteiger partial charge is 0.255 e. The predicted molar refractivity (Wildman–Crippen MR) is 81.1 cm³/mol. The Labute approximate surface area is 131 Å². The second kappa shape index (κ2) is 6.20. The van der Waals surface area contributed by atoms with E-state index in [2.05, 4.69) is 4.74 Å². The van der Waals surface area contributed by atoms with Gasteiger partial charge in [0.25, 0.3) is 5.91 Å². The summed E-state index contributed by atoms with van der Waals surface area (Å²) in [6.45, 7) is 2.97. The zero-order valence-electron chi connectivity index (χ0n) is 12.8. The summed E-state index contributed by atoms with van der Waals surface area (Å²) >= 11 is 0. The molecular weight excluding hydrogens is 309 g/mol. The molecule has 0 fully saturated rings. The molecule has 0 saturated carbocycles. The second-order valence-corrected chi connectivity index (χ2v) is 5.00. The summed E-state index contributed by atoms with van der Waals surface area (Å²) in [6, 6.07) is 4.41. The molecule has 0 aliphatic heterocycles. The van der Waals surface area contributed by atoms with Crippen molar-refractivity contribution in [3.63, 3.8) is 0 Å². The molecule has 0 aromatic heterocycles. The minimum Gasteiger partial charge on any atom is -0.493 e. The first-order valence-electron chi connectivity index (χ1n) is 6.66. The third-order valence-electron chi connectivity index (χ3n) is 3.48. The Morgan fingerprint density at radius 2 is 1.78 bits per heavy atom. The van der Waals surface area contributed by atoms with Crippen molar-refractivity contribution in [2.45, 2.75) is 13.8 Å². The number of nitrogen functional groups attached to an aromatic ring is 1. The highest BCUT2D eigenvalue weighted by molar-refractivity contribution is 6.05. The van der Waals surface area contributed by atoms with Gasteiger partial charge in [0.1, 0.15) is 5.69 Å². The van der Waals surface area contributed by atoms with Gasteiger partial charge in [0, 0.05) is 16.8 Å². The van der Waals surface area contributed by atoms with Crippen LogP contribution in [0.3, 0.4) is 0 Å². The normalized spacial score (nSPS) is 10.5. The van der Waals surface area contributed by atoms with Gasteiger partial charge in [0.15, 0.2) is 17.4 Å². The number of anilines is 2. The summed E-state index contributed by atoms with van der Waals surface area (Å²) in [5, 5.41) is 2.03. The first-order valence-corrected chi connectivity index (χ1v) is 6.66. The van der Waals surface area contributed by atoms with Gasteiger partial charge < -0.3 is 15.8 Å². The van der Waals surface area contributed by atoms with Crippen molar-refractivity contribution in [1.82, 2.24) is 0 Å². The Balaban J connectivity index is 2.44. The number of ether oxygens (including phenoxy) is 1. The fraction of sp³-hybridized carbons (Fsp3) is 0.188. The van der Waals surface area contributed by atoms with Gasteiger partial charge >= 0.3 is 0 Å². The Bertz CT molecular complexity index is 762. The molecule has 0 unspecified atom stereocenters. The van der Waals surface area contributed by atoms with E-state index in [0.29, 0.717) is 5.69 Å². The van der Waals surface area contributed by atoms with Crippen LogP contribution in [-0.4, -0.2) is 13.0 Å². The zero-order valence-corrected chi connectivity index (χ0v) is 12.8. The number of nitrogens with one attached hydrogen (secondary N) is 1. The highest BCUT2D eigenvalue weighted by Gasteiger charge is 2.25. The topological polar surface area (TPSA) is 64.3 Å². The largest absolute Gasteiger partial charge is 0.493 e. The summed E-state index contributed by atoms with van der Waals surface area (Å²) in [5.41, 5.74) is 5.79. The fourth-order valence-corrected chi connectivity index (χ4v) is 2.08. The molecule has 7 heteroatoms. The molecule has 0 spiro atoms. The quantitative estimate of drug-likeness (QED) is 0.670. The van der Waals surface area contributed by atoms with E-state index < -0.39 is 34.8 Å². The summed E-state index contributed by atoms with van der Waals surface area (Å²) in [6.07, 6.45) is 0. The van der Waals surface area contributed by atoms with Crippen LogP contribution >= 0.6 is 0 Å². The second-order valence-electron chi connectivity index (χ2n) is 5.00. The van der Waals surface area contributed by atoms with E-state index in [9.17, 15) is 18.0 Å². The molecule has 3 N–H and O–H groups in total. The zero-order chi connectivity index (χ0) is 17.3. The summed E-state index contributed by atoms with van der Waals surface area (Å²) < 4.78 is 46.6. The number of carbonyl (C=O) groups excluding carboxylic acids is 1. The molecule has 0 atom stereocenters. The Morgan fingerprint density at radius 1 is 1.13 bits per heavy atom. The van der Waals surface area contributed by atoms with Crippen LogP contribution < -0.4 is 15.8 Å². The lowest BCUT2D eigenvalue weighted by Gasteiger charge is -2.14. The number of nitrogens with two attached hydrogens (primary N) is 1. The number of halogens is 3. The molecule has 0 bridgehead atoms. The van der Waals surface area contributed by atoms with Crippen LogP contribution in [0.15, 0.2) is 18.2 Å². The van der Waals surface area contributed by atoms with Crippen molar-refractivity contribution < 1.29 is 22.7 Å². The molecule has 0 heterocycles. The van der Waals surface area contributed by atoms with E-state index in [1.807, 2.05) is 5.32 Å². The van der Waals surface area contributed by atoms with Crippen LogP contribution in [0.25, 0.3) is 0 Å². The van der Waals surface area contributed by atoms with Crippen molar-refractivity contribution in [2.24, 2.45) is 0 Å². The monoisotopic (exact) mass is 324 g/mol. The van der Waals surface area contributed by atoms with Gasteiger partial charge in [-0.2, -0.15) is 4.39 Å². The first-order chi connectivity index (χ1) is 10.8. The molecule has 122 valence electrons. The van der Waals surface area contributed by atoms with E-state index in [-0.39, 0.29) is 11.1 Å². The van der Waals surface area contributed by atoms with Gasteiger partial charge in [-0.1, -0.05) is 6.07 Å². The minimum atomic E-state index is -1.53. The van der Waals surface area contributed by atoms with Crippen molar-refractivity contribution in [3.8, 4) is 5.75 Å².